The summed E-state index contributed by atoms with van der Waals surface area (Å²) < 4.78 is 37.5. The van der Waals surface area contributed by atoms with Crippen LogP contribution in [0.4, 0.5) is 13.2 Å². The molecule has 1 aromatic heterocycles. The summed E-state index contributed by atoms with van der Waals surface area (Å²) in [6.45, 7) is 0. The fourth-order valence-electron chi connectivity index (χ4n) is 0.870. The van der Waals surface area contributed by atoms with E-state index in [0.717, 1.165) is 10.9 Å². The van der Waals surface area contributed by atoms with Crippen LogP contribution in [-0.4, -0.2) is 9.78 Å². The van der Waals surface area contributed by atoms with Crippen LogP contribution in [0, 0.1) is 0 Å². The van der Waals surface area contributed by atoms with Gasteiger partial charge < -0.3 is 0 Å². The molecule has 0 atom stereocenters. The van der Waals surface area contributed by atoms with E-state index < -0.39 is 11.7 Å². The van der Waals surface area contributed by atoms with Crippen LogP contribution >= 0.6 is 11.6 Å². The number of halogens is 4. The first-order valence-electron chi connectivity index (χ1n) is 3.11. The third-order valence-electron chi connectivity index (χ3n) is 1.34. The van der Waals surface area contributed by atoms with Gasteiger partial charge in [0.2, 0.25) is 0 Å². The molecule has 12 heavy (non-hydrogen) atoms. The van der Waals surface area contributed by atoms with Crippen LogP contribution in [0.1, 0.15) is 11.3 Å². The van der Waals surface area contributed by atoms with Crippen molar-refractivity contribution in [2.24, 2.45) is 7.05 Å². The molecule has 0 fully saturated rings. The van der Waals surface area contributed by atoms with Crippen LogP contribution < -0.4 is 0 Å². The molecule has 0 unspecified atom stereocenters. The standard InChI is InChI=1S/C6H6ClF3N2/c1-12-3-4(6(8,9)10)5(2-7)11-12/h3H,2H2,1H3. The van der Waals surface area contributed by atoms with Crippen molar-refractivity contribution in [2.75, 3.05) is 0 Å². The molecular weight excluding hydrogens is 193 g/mol. The van der Waals surface area contributed by atoms with Gasteiger partial charge in [-0.3, -0.25) is 4.68 Å². The molecule has 0 aromatic carbocycles. The second kappa shape index (κ2) is 2.97. The van der Waals surface area contributed by atoms with Gasteiger partial charge in [-0.2, -0.15) is 18.3 Å². The van der Waals surface area contributed by atoms with Crippen LogP contribution in [0.25, 0.3) is 0 Å². The molecule has 0 radical (unpaired) electrons. The third-order valence-corrected chi connectivity index (χ3v) is 1.59. The first-order valence-corrected chi connectivity index (χ1v) is 3.64. The molecule has 0 saturated carbocycles. The molecule has 2 nitrogen and oxygen atoms in total. The molecule has 0 bridgehead atoms. The summed E-state index contributed by atoms with van der Waals surface area (Å²) in [5.41, 5.74) is -0.897. The van der Waals surface area contributed by atoms with Crippen LogP contribution in [0.5, 0.6) is 0 Å². The normalized spacial score (nSPS) is 12.1. The Bertz CT molecular complexity index is 279. The van der Waals surface area contributed by atoms with Gasteiger partial charge in [0.1, 0.15) is 0 Å². The van der Waals surface area contributed by atoms with Gasteiger partial charge in [-0.1, -0.05) is 0 Å². The van der Waals surface area contributed by atoms with Gasteiger partial charge in [-0.15, -0.1) is 11.6 Å². The van der Waals surface area contributed by atoms with Crippen molar-refractivity contribution in [1.82, 2.24) is 9.78 Å². The molecule has 1 rings (SSSR count). The van der Waals surface area contributed by atoms with E-state index in [4.69, 9.17) is 11.6 Å². The Morgan fingerprint density at radius 3 is 2.50 bits per heavy atom. The quantitative estimate of drug-likeness (QED) is 0.633. The lowest BCUT2D eigenvalue weighted by molar-refractivity contribution is -0.138. The maximum atomic E-state index is 12.1. The Hall–Kier alpha value is -0.710. The van der Waals surface area contributed by atoms with E-state index in [1.807, 2.05) is 0 Å². The van der Waals surface area contributed by atoms with Gasteiger partial charge in [0, 0.05) is 13.2 Å². The molecule has 1 heterocycles. The van der Waals surface area contributed by atoms with E-state index in [0.29, 0.717) is 0 Å². The molecule has 68 valence electrons. The van der Waals surface area contributed by atoms with Crippen LogP contribution in [0.2, 0.25) is 0 Å². The van der Waals surface area contributed by atoms with Crippen molar-refractivity contribution in [3.63, 3.8) is 0 Å². The smallest absolute Gasteiger partial charge is 0.275 e. The SMILES string of the molecule is Cn1cc(C(F)(F)F)c(CCl)n1. The number of rotatable bonds is 1. The van der Waals surface area contributed by atoms with Gasteiger partial charge in [0.05, 0.1) is 17.1 Å². The van der Waals surface area contributed by atoms with Gasteiger partial charge in [0.15, 0.2) is 0 Å². The molecular formula is C6H6ClF3N2. The molecule has 0 aliphatic heterocycles. The van der Waals surface area contributed by atoms with Crippen LogP contribution in [-0.2, 0) is 19.1 Å². The zero-order valence-corrected chi connectivity index (χ0v) is 6.95. The number of aromatic nitrogens is 2. The molecule has 6 heteroatoms. The molecule has 0 N–H and O–H groups in total. The Morgan fingerprint density at radius 1 is 1.58 bits per heavy atom. The van der Waals surface area contributed by atoms with Crippen LogP contribution in [0.3, 0.4) is 0 Å². The fraction of sp³-hybridized carbons (Fsp3) is 0.500. The highest BCUT2D eigenvalue weighted by atomic mass is 35.5. The highest BCUT2D eigenvalue weighted by molar-refractivity contribution is 6.17. The summed E-state index contributed by atoms with van der Waals surface area (Å²) in [5, 5.41) is 3.56. The first-order chi connectivity index (χ1) is 5.45. The van der Waals surface area contributed by atoms with Gasteiger partial charge in [-0.25, -0.2) is 0 Å². The van der Waals surface area contributed by atoms with E-state index in [2.05, 4.69) is 5.10 Å². The summed E-state index contributed by atoms with van der Waals surface area (Å²) in [6, 6.07) is 0. The maximum Gasteiger partial charge on any atom is 0.419 e. The lowest BCUT2D eigenvalue weighted by Crippen LogP contribution is -2.06. The summed E-state index contributed by atoms with van der Waals surface area (Å²) in [5.74, 6) is -0.227. The Kier molecular flexibility index (Phi) is 2.32. The monoisotopic (exact) mass is 198 g/mol. The molecule has 0 aliphatic rings. The average Bonchev–Trinajstić information content (AvgIpc) is 2.29. The predicted molar refractivity (Wildman–Crippen MR) is 37.8 cm³/mol. The van der Waals surface area contributed by atoms with Crippen molar-refractivity contribution >= 4 is 11.6 Å². The van der Waals surface area contributed by atoms with Crippen molar-refractivity contribution in [3.05, 3.63) is 17.5 Å². The molecule has 0 aliphatic carbocycles. The largest absolute Gasteiger partial charge is 0.419 e. The number of aryl methyl sites for hydroxylation is 1. The molecule has 0 saturated heterocycles. The Labute approximate surface area is 71.9 Å². The number of nitrogens with zero attached hydrogens (tertiary/aromatic N) is 2. The number of hydrogen-bond acceptors (Lipinski definition) is 1. The van der Waals surface area contributed by atoms with Crippen molar-refractivity contribution in [2.45, 2.75) is 12.1 Å². The van der Waals surface area contributed by atoms with Gasteiger partial charge >= 0.3 is 6.18 Å². The summed E-state index contributed by atoms with van der Waals surface area (Å²) in [4.78, 5) is 0. The predicted octanol–water partition coefficient (Wildman–Crippen LogP) is 2.18. The van der Waals surface area contributed by atoms with Crippen molar-refractivity contribution in [1.29, 1.82) is 0 Å². The van der Waals surface area contributed by atoms with E-state index >= 15 is 0 Å². The van der Waals surface area contributed by atoms with Gasteiger partial charge in [-0.05, 0) is 0 Å². The topological polar surface area (TPSA) is 17.8 Å². The maximum absolute atomic E-state index is 12.1. The van der Waals surface area contributed by atoms with Crippen molar-refractivity contribution < 1.29 is 13.2 Å². The molecule has 0 amide bonds. The lowest BCUT2D eigenvalue weighted by atomic mass is 10.2. The van der Waals surface area contributed by atoms with E-state index in [-0.39, 0.29) is 11.6 Å². The average molecular weight is 199 g/mol. The zero-order chi connectivity index (χ0) is 9.35. The minimum absolute atomic E-state index is 0.133. The van der Waals surface area contributed by atoms with E-state index in [9.17, 15) is 13.2 Å². The van der Waals surface area contributed by atoms with Crippen LogP contribution in [0.15, 0.2) is 6.20 Å². The Balaban J connectivity index is 3.13. The summed E-state index contributed by atoms with van der Waals surface area (Å²) in [6.07, 6.45) is -3.45. The second-order valence-corrected chi connectivity index (χ2v) is 2.56. The Morgan fingerprint density at radius 2 is 2.17 bits per heavy atom. The highest BCUT2D eigenvalue weighted by Gasteiger charge is 2.35. The minimum Gasteiger partial charge on any atom is -0.275 e. The van der Waals surface area contributed by atoms with Gasteiger partial charge in [0.25, 0.3) is 0 Å². The van der Waals surface area contributed by atoms with Crippen molar-refractivity contribution in [3.8, 4) is 0 Å². The zero-order valence-electron chi connectivity index (χ0n) is 6.19. The number of hydrogen-bond donors (Lipinski definition) is 0. The number of alkyl halides is 4. The minimum atomic E-state index is -4.36. The molecule has 1 aromatic rings. The third kappa shape index (κ3) is 1.72. The fourth-order valence-corrected chi connectivity index (χ4v) is 1.07. The van der Waals surface area contributed by atoms with E-state index in [1.54, 1.807) is 0 Å². The highest BCUT2D eigenvalue weighted by Crippen LogP contribution is 2.31. The summed E-state index contributed by atoms with van der Waals surface area (Å²) in [7, 11) is 1.42. The molecule has 0 spiro atoms. The second-order valence-electron chi connectivity index (χ2n) is 2.29. The lowest BCUT2D eigenvalue weighted by Gasteiger charge is -2.03. The van der Waals surface area contributed by atoms with E-state index in [1.165, 1.54) is 7.05 Å². The summed E-state index contributed by atoms with van der Waals surface area (Å²) >= 11 is 5.28. The first kappa shape index (κ1) is 9.38.